The summed E-state index contributed by atoms with van der Waals surface area (Å²) in [6, 6.07) is 1.34. The number of pyridine rings is 1. The van der Waals surface area contributed by atoms with Crippen molar-refractivity contribution in [2.75, 3.05) is 0 Å². The molecule has 3 unspecified atom stereocenters. The molecule has 1 aliphatic rings. The summed E-state index contributed by atoms with van der Waals surface area (Å²) in [6.45, 7) is 0. The molecule has 0 aromatic carbocycles. The van der Waals surface area contributed by atoms with Gasteiger partial charge >= 0.3 is 5.97 Å². The summed E-state index contributed by atoms with van der Waals surface area (Å²) in [5, 5.41) is 11.7. The van der Waals surface area contributed by atoms with Crippen LogP contribution in [0.25, 0.3) is 10.6 Å². The van der Waals surface area contributed by atoms with Crippen LogP contribution < -0.4 is 0 Å². The molecule has 0 radical (unpaired) electrons. The van der Waals surface area contributed by atoms with Gasteiger partial charge in [-0.15, -0.1) is 11.3 Å². The number of aromatic nitrogens is 2. The van der Waals surface area contributed by atoms with E-state index in [0.717, 1.165) is 6.20 Å². The Balaban J connectivity index is 1.88. The lowest BCUT2D eigenvalue weighted by Crippen LogP contribution is -2.30. The second-order valence-corrected chi connectivity index (χ2v) is 6.29. The smallest absolute Gasteiger partial charge is 0.307 e. The molecule has 7 heteroatoms. The average Bonchev–Trinajstić information content (AvgIpc) is 2.97. The minimum atomic E-state index is -1.07. The molecule has 1 aliphatic carbocycles. The van der Waals surface area contributed by atoms with Crippen LogP contribution in [-0.4, -0.2) is 27.2 Å². The molecule has 0 saturated heterocycles. The molecule has 1 saturated carbocycles. The molecule has 3 atom stereocenters. The molecule has 2 heterocycles. The highest BCUT2D eigenvalue weighted by Crippen LogP contribution is 2.40. The lowest BCUT2D eigenvalue weighted by atomic mass is 9.77. The average molecular weight is 324 g/mol. The maximum atomic E-state index is 13.5. The van der Waals surface area contributed by atoms with Crippen LogP contribution in [0.4, 0.5) is 8.78 Å². The van der Waals surface area contributed by atoms with E-state index < -0.39 is 23.9 Å². The number of aliphatic carboxylic acids is 1. The van der Waals surface area contributed by atoms with E-state index in [4.69, 9.17) is 0 Å². The van der Waals surface area contributed by atoms with Crippen molar-refractivity contribution in [1.82, 2.24) is 9.97 Å². The van der Waals surface area contributed by atoms with E-state index in [1.165, 1.54) is 23.6 Å². The minimum absolute atomic E-state index is 0.0222. The predicted octanol–water partition coefficient (Wildman–Crippen LogP) is 3.65. The fraction of sp³-hybridized carbons (Fsp3) is 0.400. The lowest BCUT2D eigenvalue weighted by Gasteiger charge is -2.29. The van der Waals surface area contributed by atoms with Crippen molar-refractivity contribution in [2.24, 2.45) is 5.92 Å². The number of carboxylic acids is 1. The van der Waals surface area contributed by atoms with E-state index in [9.17, 15) is 18.7 Å². The third-order valence-corrected chi connectivity index (χ3v) is 4.87. The number of carboxylic acid groups (broad SMARTS) is 1. The van der Waals surface area contributed by atoms with Gasteiger partial charge in [0.05, 0.1) is 17.8 Å². The molecule has 0 spiro atoms. The molecule has 22 heavy (non-hydrogen) atoms. The van der Waals surface area contributed by atoms with E-state index in [1.54, 1.807) is 5.38 Å². The highest BCUT2D eigenvalue weighted by Gasteiger charge is 2.37. The van der Waals surface area contributed by atoms with E-state index in [-0.39, 0.29) is 12.3 Å². The van der Waals surface area contributed by atoms with Gasteiger partial charge in [0.25, 0.3) is 0 Å². The highest BCUT2D eigenvalue weighted by atomic mass is 32.1. The quantitative estimate of drug-likeness (QED) is 0.936. The van der Waals surface area contributed by atoms with Gasteiger partial charge in [-0.1, -0.05) is 0 Å². The van der Waals surface area contributed by atoms with Crippen LogP contribution in [-0.2, 0) is 4.79 Å². The Hall–Kier alpha value is -1.89. The van der Waals surface area contributed by atoms with Gasteiger partial charge in [0.2, 0.25) is 0 Å². The summed E-state index contributed by atoms with van der Waals surface area (Å²) in [7, 11) is 0. The van der Waals surface area contributed by atoms with Gasteiger partial charge in [-0.2, -0.15) is 0 Å². The Bertz CT molecular complexity index is 692. The van der Waals surface area contributed by atoms with Crippen LogP contribution in [0.5, 0.6) is 0 Å². The molecule has 0 aliphatic heterocycles. The molecule has 1 N–H and O–H groups in total. The Labute approximate surface area is 129 Å². The van der Waals surface area contributed by atoms with Crippen molar-refractivity contribution in [1.29, 1.82) is 0 Å². The van der Waals surface area contributed by atoms with Gasteiger partial charge < -0.3 is 5.11 Å². The highest BCUT2D eigenvalue weighted by molar-refractivity contribution is 7.13. The van der Waals surface area contributed by atoms with Gasteiger partial charge in [0.1, 0.15) is 17.0 Å². The Morgan fingerprint density at radius 1 is 1.36 bits per heavy atom. The molecule has 0 bridgehead atoms. The van der Waals surface area contributed by atoms with E-state index in [2.05, 4.69) is 9.97 Å². The molecular weight excluding hydrogens is 310 g/mol. The molecule has 2 aromatic rings. The molecule has 0 amide bonds. The van der Waals surface area contributed by atoms with Crippen molar-refractivity contribution in [3.8, 4) is 10.6 Å². The maximum absolute atomic E-state index is 13.5. The predicted molar refractivity (Wildman–Crippen MR) is 77.9 cm³/mol. The Morgan fingerprint density at radius 2 is 2.18 bits per heavy atom. The minimum Gasteiger partial charge on any atom is -0.481 e. The first-order chi connectivity index (χ1) is 10.5. The van der Waals surface area contributed by atoms with Crippen molar-refractivity contribution >= 4 is 17.3 Å². The second kappa shape index (κ2) is 6.08. The fourth-order valence-electron chi connectivity index (χ4n) is 2.86. The first kappa shape index (κ1) is 15.0. The normalized spacial score (nSPS) is 25.1. The van der Waals surface area contributed by atoms with Gasteiger partial charge in [0, 0.05) is 23.1 Å². The number of alkyl halides is 1. The number of nitrogens with zero attached hydrogens (tertiary/aromatic N) is 2. The van der Waals surface area contributed by atoms with Crippen molar-refractivity contribution in [2.45, 2.75) is 31.4 Å². The van der Waals surface area contributed by atoms with Crippen LogP contribution in [0, 0.1) is 11.7 Å². The maximum Gasteiger partial charge on any atom is 0.307 e. The summed E-state index contributed by atoms with van der Waals surface area (Å²) in [5.74, 6) is -2.50. The van der Waals surface area contributed by atoms with Crippen molar-refractivity contribution in [3.63, 3.8) is 0 Å². The zero-order valence-electron chi connectivity index (χ0n) is 11.6. The first-order valence-corrected chi connectivity index (χ1v) is 7.86. The SMILES string of the molecule is O=C(O)C1CC(F)CCC1c1csc(-c2cncc(F)c2)n1. The molecule has 3 rings (SSSR count). The summed E-state index contributed by atoms with van der Waals surface area (Å²) in [4.78, 5) is 19.6. The van der Waals surface area contributed by atoms with E-state index in [0.29, 0.717) is 29.1 Å². The van der Waals surface area contributed by atoms with Gasteiger partial charge in [-0.3, -0.25) is 9.78 Å². The number of hydrogen-bond acceptors (Lipinski definition) is 4. The molecule has 4 nitrogen and oxygen atoms in total. The monoisotopic (exact) mass is 324 g/mol. The number of thiazole rings is 1. The molecule has 2 aromatic heterocycles. The van der Waals surface area contributed by atoms with E-state index in [1.807, 2.05) is 0 Å². The number of hydrogen-bond donors (Lipinski definition) is 1. The van der Waals surface area contributed by atoms with Gasteiger partial charge in [-0.05, 0) is 25.3 Å². The number of halogens is 2. The Morgan fingerprint density at radius 3 is 2.91 bits per heavy atom. The number of carbonyl (C=O) groups is 1. The topological polar surface area (TPSA) is 63.1 Å². The summed E-state index contributed by atoms with van der Waals surface area (Å²) in [5.41, 5.74) is 1.20. The molecular formula is C15H14F2N2O2S. The molecule has 1 fully saturated rings. The standard InChI is InChI=1S/C15H14F2N2O2S/c16-9-1-2-11(12(4-9)15(20)21)13-7-22-14(19-13)8-3-10(17)6-18-5-8/h3,5-7,9,11-12H,1-2,4H2,(H,20,21). The third kappa shape index (κ3) is 2.99. The summed E-state index contributed by atoms with van der Waals surface area (Å²) >= 11 is 1.32. The van der Waals surface area contributed by atoms with Gasteiger partial charge in [0.15, 0.2) is 0 Å². The van der Waals surface area contributed by atoms with Crippen LogP contribution in [0.15, 0.2) is 23.8 Å². The van der Waals surface area contributed by atoms with Crippen LogP contribution in [0.2, 0.25) is 0 Å². The van der Waals surface area contributed by atoms with Crippen LogP contribution in [0.1, 0.15) is 30.9 Å². The molecule has 116 valence electrons. The van der Waals surface area contributed by atoms with Crippen LogP contribution >= 0.6 is 11.3 Å². The zero-order valence-corrected chi connectivity index (χ0v) is 12.4. The van der Waals surface area contributed by atoms with Gasteiger partial charge in [-0.25, -0.2) is 13.8 Å². The van der Waals surface area contributed by atoms with Crippen molar-refractivity contribution < 1.29 is 18.7 Å². The summed E-state index contributed by atoms with van der Waals surface area (Å²) < 4.78 is 26.7. The zero-order chi connectivity index (χ0) is 15.7. The third-order valence-electron chi connectivity index (χ3n) is 3.96. The largest absolute Gasteiger partial charge is 0.481 e. The number of rotatable bonds is 3. The van der Waals surface area contributed by atoms with Crippen molar-refractivity contribution in [3.05, 3.63) is 35.4 Å². The lowest BCUT2D eigenvalue weighted by molar-refractivity contribution is -0.144. The second-order valence-electron chi connectivity index (χ2n) is 5.43. The van der Waals surface area contributed by atoms with Crippen LogP contribution in [0.3, 0.4) is 0 Å². The Kier molecular flexibility index (Phi) is 4.15. The van der Waals surface area contributed by atoms with E-state index >= 15 is 0 Å². The summed E-state index contributed by atoms with van der Waals surface area (Å²) in [6.07, 6.45) is 2.39. The first-order valence-electron chi connectivity index (χ1n) is 6.98. The fourth-order valence-corrected chi connectivity index (χ4v) is 3.73.